The van der Waals surface area contributed by atoms with E-state index in [1.54, 1.807) is 18.5 Å². The van der Waals surface area contributed by atoms with Crippen LogP contribution in [0.3, 0.4) is 0 Å². The van der Waals surface area contributed by atoms with E-state index in [9.17, 15) is 9.59 Å². The lowest BCUT2D eigenvalue weighted by atomic mass is 9.96. The van der Waals surface area contributed by atoms with Gasteiger partial charge in [0.25, 0.3) is 5.91 Å². The molecule has 0 aliphatic heterocycles. The van der Waals surface area contributed by atoms with Crippen LogP contribution in [0.2, 0.25) is 0 Å². The van der Waals surface area contributed by atoms with E-state index < -0.39 is 0 Å². The number of nitrogens with zero attached hydrogens (tertiary/aromatic N) is 1. The van der Waals surface area contributed by atoms with Crippen LogP contribution in [0.25, 0.3) is 0 Å². The van der Waals surface area contributed by atoms with E-state index in [0.717, 1.165) is 6.42 Å². The minimum Gasteiger partial charge on any atom is -0.354 e. The first-order valence-corrected chi connectivity index (χ1v) is 8.65. The number of thiophene rings is 1. The van der Waals surface area contributed by atoms with Crippen LogP contribution in [0, 0.1) is 0 Å². The van der Waals surface area contributed by atoms with E-state index in [1.807, 2.05) is 23.6 Å². The molecule has 1 N–H and O–H groups in total. The minimum absolute atomic E-state index is 0.0693. The summed E-state index contributed by atoms with van der Waals surface area (Å²) in [5, 5.41) is 6.58. The maximum Gasteiger partial charge on any atom is 0.254 e. The number of hydrogen-bond acceptors (Lipinski definition) is 3. The summed E-state index contributed by atoms with van der Waals surface area (Å²) in [5.74, 6) is 0.0278. The molecule has 1 aromatic heterocycles. The van der Waals surface area contributed by atoms with Gasteiger partial charge >= 0.3 is 0 Å². The maximum atomic E-state index is 12.1. The van der Waals surface area contributed by atoms with Crippen LogP contribution in [0.1, 0.15) is 35.2 Å². The van der Waals surface area contributed by atoms with Crippen LogP contribution in [-0.4, -0.2) is 36.9 Å². The molecule has 1 heterocycles. The lowest BCUT2D eigenvalue weighted by Crippen LogP contribution is -2.39. The molecule has 0 saturated heterocycles. The standard InChI is InChI=1S/C18H22N2O2S/c1-3-14(15-7-5-4-6-8-15)11-19-17(21)12-20(2)18(22)16-9-10-23-13-16/h4-10,13-14H,3,11-12H2,1-2H3,(H,19,21)/t14-/m0/s1. The summed E-state index contributed by atoms with van der Waals surface area (Å²) < 4.78 is 0. The Morgan fingerprint density at radius 1 is 1.22 bits per heavy atom. The van der Waals surface area contributed by atoms with E-state index >= 15 is 0 Å². The van der Waals surface area contributed by atoms with Gasteiger partial charge in [-0.1, -0.05) is 37.3 Å². The monoisotopic (exact) mass is 330 g/mol. The first-order valence-electron chi connectivity index (χ1n) is 7.71. The van der Waals surface area contributed by atoms with Crippen molar-refractivity contribution in [2.24, 2.45) is 0 Å². The number of benzene rings is 1. The third-order valence-corrected chi connectivity index (χ3v) is 4.49. The second kappa shape index (κ2) is 8.48. The van der Waals surface area contributed by atoms with Gasteiger partial charge in [0.1, 0.15) is 0 Å². The summed E-state index contributed by atoms with van der Waals surface area (Å²) in [6, 6.07) is 11.9. The van der Waals surface area contributed by atoms with Crippen molar-refractivity contribution >= 4 is 23.2 Å². The van der Waals surface area contributed by atoms with E-state index in [4.69, 9.17) is 0 Å². The van der Waals surface area contributed by atoms with Crippen molar-refractivity contribution in [3.63, 3.8) is 0 Å². The quantitative estimate of drug-likeness (QED) is 0.848. The molecule has 0 fully saturated rings. The summed E-state index contributed by atoms with van der Waals surface area (Å²) >= 11 is 1.47. The highest BCUT2D eigenvalue weighted by Gasteiger charge is 2.16. The summed E-state index contributed by atoms with van der Waals surface area (Å²) in [4.78, 5) is 25.6. The van der Waals surface area contributed by atoms with E-state index in [1.165, 1.54) is 21.8 Å². The number of amides is 2. The van der Waals surface area contributed by atoms with Crippen LogP contribution in [-0.2, 0) is 4.79 Å². The molecular formula is C18H22N2O2S. The fourth-order valence-corrected chi connectivity index (χ4v) is 3.04. The highest BCUT2D eigenvalue weighted by Crippen LogP contribution is 2.17. The smallest absolute Gasteiger partial charge is 0.254 e. The van der Waals surface area contributed by atoms with E-state index in [0.29, 0.717) is 12.1 Å². The highest BCUT2D eigenvalue weighted by molar-refractivity contribution is 7.08. The second-order valence-electron chi connectivity index (χ2n) is 5.49. The van der Waals surface area contributed by atoms with E-state index in [2.05, 4.69) is 24.4 Å². The molecule has 1 atom stereocenters. The first kappa shape index (κ1) is 17.2. The van der Waals surface area contributed by atoms with Crippen molar-refractivity contribution in [3.8, 4) is 0 Å². The zero-order chi connectivity index (χ0) is 16.7. The van der Waals surface area contributed by atoms with Gasteiger partial charge in [-0.15, -0.1) is 0 Å². The van der Waals surface area contributed by atoms with Crippen LogP contribution in [0.4, 0.5) is 0 Å². The maximum absolute atomic E-state index is 12.1. The van der Waals surface area contributed by atoms with Crippen molar-refractivity contribution < 1.29 is 9.59 Å². The van der Waals surface area contributed by atoms with Crippen molar-refractivity contribution in [1.82, 2.24) is 10.2 Å². The average molecular weight is 330 g/mol. The van der Waals surface area contributed by atoms with Gasteiger partial charge in [0.15, 0.2) is 0 Å². The van der Waals surface area contributed by atoms with Crippen molar-refractivity contribution in [1.29, 1.82) is 0 Å². The predicted molar refractivity (Wildman–Crippen MR) is 93.8 cm³/mol. The van der Waals surface area contributed by atoms with Crippen LogP contribution in [0.5, 0.6) is 0 Å². The van der Waals surface area contributed by atoms with Gasteiger partial charge in [-0.25, -0.2) is 0 Å². The largest absolute Gasteiger partial charge is 0.354 e. The predicted octanol–water partition coefficient (Wildman–Crippen LogP) is 3.13. The summed E-state index contributed by atoms with van der Waals surface area (Å²) in [7, 11) is 1.65. The molecule has 0 saturated carbocycles. The number of carbonyl (C=O) groups excluding carboxylic acids is 2. The van der Waals surface area contributed by atoms with Crippen molar-refractivity contribution in [2.75, 3.05) is 20.1 Å². The summed E-state index contributed by atoms with van der Waals surface area (Å²) in [6.45, 7) is 2.76. The second-order valence-corrected chi connectivity index (χ2v) is 6.27. The summed E-state index contributed by atoms with van der Waals surface area (Å²) in [5.41, 5.74) is 1.85. The molecule has 5 heteroatoms. The lowest BCUT2D eigenvalue weighted by Gasteiger charge is -2.19. The fraction of sp³-hybridized carbons (Fsp3) is 0.333. The Morgan fingerprint density at radius 2 is 1.96 bits per heavy atom. The highest BCUT2D eigenvalue weighted by atomic mass is 32.1. The summed E-state index contributed by atoms with van der Waals surface area (Å²) in [6.07, 6.45) is 0.952. The number of rotatable bonds is 7. The lowest BCUT2D eigenvalue weighted by molar-refractivity contribution is -0.121. The normalized spacial score (nSPS) is 11.7. The Hall–Kier alpha value is -2.14. The topological polar surface area (TPSA) is 49.4 Å². The number of hydrogen-bond donors (Lipinski definition) is 1. The zero-order valence-corrected chi connectivity index (χ0v) is 14.3. The van der Waals surface area contributed by atoms with Crippen molar-refractivity contribution in [2.45, 2.75) is 19.3 Å². The Kier molecular flexibility index (Phi) is 6.35. The molecule has 2 rings (SSSR count). The van der Waals surface area contributed by atoms with Gasteiger partial charge in [-0.3, -0.25) is 9.59 Å². The molecule has 0 aliphatic carbocycles. The van der Waals surface area contributed by atoms with Gasteiger partial charge in [-0.05, 0) is 23.4 Å². The van der Waals surface area contributed by atoms with Gasteiger partial charge in [0.2, 0.25) is 5.91 Å². The third-order valence-electron chi connectivity index (χ3n) is 3.81. The Morgan fingerprint density at radius 3 is 2.57 bits per heavy atom. The molecule has 0 bridgehead atoms. The molecule has 0 aliphatic rings. The molecular weight excluding hydrogens is 308 g/mol. The Balaban J connectivity index is 1.83. The van der Waals surface area contributed by atoms with Crippen LogP contribution >= 0.6 is 11.3 Å². The average Bonchev–Trinajstić information content (AvgIpc) is 3.10. The molecule has 122 valence electrons. The number of likely N-dealkylation sites (N-methyl/N-ethyl adjacent to an activating group) is 1. The number of nitrogens with one attached hydrogen (secondary N) is 1. The Labute approximate surface area is 141 Å². The van der Waals surface area contributed by atoms with Crippen LogP contribution in [0.15, 0.2) is 47.2 Å². The molecule has 0 radical (unpaired) electrons. The van der Waals surface area contributed by atoms with Crippen LogP contribution < -0.4 is 5.32 Å². The molecule has 2 aromatic rings. The fourth-order valence-electron chi connectivity index (χ4n) is 2.41. The Bertz CT molecular complexity index is 626. The molecule has 0 unspecified atom stereocenters. The molecule has 0 spiro atoms. The van der Waals surface area contributed by atoms with Gasteiger partial charge in [0, 0.05) is 24.9 Å². The number of carbonyl (C=O) groups is 2. The molecule has 1 aromatic carbocycles. The van der Waals surface area contributed by atoms with Gasteiger partial charge in [0.05, 0.1) is 12.1 Å². The SMILES string of the molecule is CC[C@@H](CNC(=O)CN(C)C(=O)c1ccsc1)c1ccccc1. The minimum atomic E-state index is -0.134. The van der Waals surface area contributed by atoms with Crippen molar-refractivity contribution in [3.05, 3.63) is 58.3 Å². The molecule has 23 heavy (non-hydrogen) atoms. The first-order chi connectivity index (χ1) is 11.1. The third kappa shape index (κ3) is 4.93. The van der Waals surface area contributed by atoms with Gasteiger partial charge in [-0.2, -0.15) is 11.3 Å². The zero-order valence-electron chi connectivity index (χ0n) is 13.5. The molecule has 4 nitrogen and oxygen atoms in total. The van der Waals surface area contributed by atoms with E-state index in [-0.39, 0.29) is 24.3 Å². The van der Waals surface area contributed by atoms with Gasteiger partial charge < -0.3 is 10.2 Å². The molecule has 2 amide bonds.